The van der Waals surface area contributed by atoms with Crippen LogP contribution in [-0.2, 0) is 0 Å². The summed E-state index contributed by atoms with van der Waals surface area (Å²) in [7, 11) is 0. The van der Waals surface area contributed by atoms with Gasteiger partial charge in [-0.1, -0.05) is 19.1 Å². The minimum Gasteiger partial charge on any atom is -0.494 e. The van der Waals surface area contributed by atoms with Crippen LogP contribution in [0.3, 0.4) is 0 Å². The van der Waals surface area contributed by atoms with Gasteiger partial charge < -0.3 is 9.84 Å². The number of ether oxygens (including phenoxy) is 1. The van der Waals surface area contributed by atoms with Crippen LogP contribution in [0.1, 0.15) is 30.6 Å². The van der Waals surface area contributed by atoms with Crippen LogP contribution in [-0.4, -0.2) is 11.7 Å². The lowest BCUT2D eigenvalue weighted by Gasteiger charge is -2.15. The van der Waals surface area contributed by atoms with Gasteiger partial charge in [-0.05, 0) is 52.2 Å². The fraction of sp³-hybridized carbons (Fsp3) is 0.250. The Labute approximate surface area is 130 Å². The lowest BCUT2D eigenvalue weighted by molar-refractivity contribution is 0.208. The highest BCUT2D eigenvalue weighted by atomic mass is 79.9. The van der Waals surface area contributed by atoms with E-state index in [1.807, 2.05) is 6.92 Å². The van der Waals surface area contributed by atoms with Crippen molar-refractivity contribution in [1.82, 2.24) is 0 Å². The van der Waals surface area contributed by atoms with E-state index in [4.69, 9.17) is 4.74 Å². The summed E-state index contributed by atoms with van der Waals surface area (Å²) in [6.07, 6.45) is -0.485. The highest BCUT2D eigenvalue weighted by Gasteiger charge is 2.21. The van der Waals surface area contributed by atoms with Crippen molar-refractivity contribution in [1.29, 1.82) is 0 Å². The summed E-state index contributed by atoms with van der Waals surface area (Å²) >= 11 is 2.99. The quantitative estimate of drug-likeness (QED) is 0.793. The van der Waals surface area contributed by atoms with E-state index in [1.165, 1.54) is 6.07 Å². The zero-order valence-electron chi connectivity index (χ0n) is 11.4. The van der Waals surface area contributed by atoms with Gasteiger partial charge in [-0.3, -0.25) is 0 Å². The summed E-state index contributed by atoms with van der Waals surface area (Å²) in [6.45, 7) is 2.59. The molecule has 0 amide bonds. The van der Waals surface area contributed by atoms with Gasteiger partial charge in [0.15, 0.2) is 0 Å². The second-order valence-corrected chi connectivity index (χ2v) is 5.43. The Morgan fingerprint density at radius 3 is 2.43 bits per heavy atom. The van der Waals surface area contributed by atoms with E-state index in [-0.39, 0.29) is 10.0 Å². The Bertz CT molecular complexity index is 614. The van der Waals surface area contributed by atoms with Crippen molar-refractivity contribution in [2.45, 2.75) is 19.4 Å². The predicted molar refractivity (Wildman–Crippen MR) is 80.3 cm³/mol. The summed E-state index contributed by atoms with van der Waals surface area (Å²) in [6, 6.07) is 8.90. The fourth-order valence-electron chi connectivity index (χ4n) is 1.93. The maximum absolute atomic E-state index is 14.0. The van der Waals surface area contributed by atoms with Gasteiger partial charge in [0.1, 0.15) is 23.5 Å². The molecule has 112 valence electrons. The highest BCUT2D eigenvalue weighted by molar-refractivity contribution is 9.10. The van der Waals surface area contributed by atoms with Gasteiger partial charge >= 0.3 is 0 Å². The standard InChI is InChI=1S/C16H15BrF2O2/c1-2-9-21-11-5-3-10(4-6-11)16(20)14-13(18)8-7-12(17)15(14)19/h3-8,16,20H,2,9H2,1H3. The molecule has 21 heavy (non-hydrogen) atoms. The molecular weight excluding hydrogens is 342 g/mol. The number of aliphatic hydroxyl groups excluding tert-OH is 1. The van der Waals surface area contributed by atoms with Crippen LogP contribution in [0.5, 0.6) is 5.75 Å². The van der Waals surface area contributed by atoms with Crippen LogP contribution >= 0.6 is 15.9 Å². The number of hydrogen-bond acceptors (Lipinski definition) is 2. The average Bonchev–Trinajstić information content (AvgIpc) is 2.49. The molecule has 0 saturated heterocycles. The van der Waals surface area contributed by atoms with Crippen molar-refractivity contribution < 1.29 is 18.6 Å². The van der Waals surface area contributed by atoms with E-state index in [0.29, 0.717) is 17.9 Å². The first-order valence-corrected chi connectivity index (χ1v) is 7.38. The van der Waals surface area contributed by atoms with Gasteiger partial charge in [0.25, 0.3) is 0 Å². The average molecular weight is 357 g/mol. The minimum atomic E-state index is -1.37. The van der Waals surface area contributed by atoms with Gasteiger partial charge in [0.2, 0.25) is 0 Å². The van der Waals surface area contributed by atoms with Gasteiger partial charge in [0.05, 0.1) is 16.6 Å². The second-order valence-electron chi connectivity index (χ2n) is 4.58. The minimum absolute atomic E-state index is 0.112. The van der Waals surface area contributed by atoms with Crippen LogP contribution in [0.4, 0.5) is 8.78 Å². The summed E-state index contributed by atoms with van der Waals surface area (Å²) in [5.74, 6) is -0.925. The Balaban J connectivity index is 2.28. The Hall–Kier alpha value is -1.46. The summed E-state index contributed by atoms with van der Waals surface area (Å²) in [5.41, 5.74) is 0.0290. The van der Waals surface area contributed by atoms with Gasteiger partial charge in [-0.2, -0.15) is 0 Å². The maximum atomic E-state index is 14.0. The molecule has 0 aliphatic rings. The number of hydrogen-bond donors (Lipinski definition) is 1. The normalized spacial score (nSPS) is 12.2. The zero-order valence-corrected chi connectivity index (χ0v) is 13.0. The van der Waals surface area contributed by atoms with Crippen molar-refractivity contribution in [3.05, 3.63) is 63.6 Å². The SMILES string of the molecule is CCCOc1ccc(C(O)c2c(F)ccc(Br)c2F)cc1. The molecule has 2 aromatic carbocycles. The first-order chi connectivity index (χ1) is 10.0. The lowest BCUT2D eigenvalue weighted by atomic mass is 10.0. The van der Waals surface area contributed by atoms with E-state index in [1.54, 1.807) is 24.3 Å². The molecule has 2 aromatic rings. The Kier molecular flexibility index (Phi) is 5.31. The van der Waals surface area contributed by atoms with Crippen molar-refractivity contribution >= 4 is 15.9 Å². The summed E-state index contributed by atoms with van der Waals surface area (Å²) < 4.78 is 33.3. The molecule has 0 radical (unpaired) electrons. The van der Waals surface area contributed by atoms with Crippen molar-refractivity contribution in [2.24, 2.45) is 0 Å². The molecule has 0 aliphatic carbocycles. The van der Waals surface area contributed by atoms with E-state index in [2.05, 4.69) is 15.9 Å². The van der Waals surface area contributed by atoms with Crippen LogP contribution in [0, 0.1) is 11.6 Å². The van der Waals surface area contributed by atoms with E-state index < -0.39 is 17.7 Å². The number of halogens is 3. The van der Waals surface area contributed by atoms with Crippen LogP contribution < -0.4 is 4.74 Å². The molecule has 0 bridgehead atoms. The first-order valence-electron chi connectivity index (χ1n) is 6.58. The van der Waals surface area contributed by atoms with Crippen LogP contribution in [0.15, 0.2) is 40.9 Å². The third-order valence-corrected chi connectivity index (χ3v) is 3.63. The Morgan fingerprint density at radius 2 is 1.81 bits per heavy atom. The van der Waals surface area contributed by atoms with Gasteiger partial charge in [0, 0.05) is 0 Å². The monoisotopic (exact) mass is 356 g/mol. The van der Waals surface area contributed by atoms with Crippen LogP contribution in [0.2, 0.25) is 0 Å². The third-order valence-electron chi connectivity index (χ3n) is 3.02. The number of aliphatic hydroxyl groups is 1. The molecular formula is C16H15BrF2O2. The third kappa shape index (κ3) is 3.60. The molecule has 0 fully saturated rings. The molecule has 0 saturated carbocycles. The van der Waals surface area contributed by atoms with E-state index in [9.17, 15) is 13.9 Å². The molecule has 5 heteroatoms. The summed E-state index contributed by atoms with van der Waals surface area (Å²) in [5, 5.41) is 10.2. The Morgan fingerprint density at radius 1 is 1.14 bits per heavy atom. The topological polar surface area (TPSA) is 29.5 Å². The molecule has 2 rings (SSSR count). The molecule has 0 aromatic heterocycles. The lowest BCUT2D eigenvalue weighted by Crippen LogP contribution is -2.06. The van der Waals surface area contributed by atoms with E-state index in [0.717, 1.165) is 12.5 Å². The second kappa shape index (κ2) is 7.00. The van der Waals surface area contributed by atoms with Crippen molar-refractivity contribution in [3.8, 4) is 5.75 Å². The largest absolute Gasteiger partial charge is 0.494 e. The smallest absolute Gasteiger partial charge is 0.146 e. The van der Waals surface area contributed by atoms with E-state index >= 15 is 0 Å². The number of benzene rings is 2. The van der Waals surface area contributed by atoms with Gasteiger partial charge in [-0.15, -0.1) is 0 Å². The molecule has 1 atom stereocenters. The number of rotatable bonds is 5. The fourth-order valence-corrected chi connectivity index (χ4v) is 2.27. The molecule has 1 unspecified atom stereocenters. The van der Waals surface area contributed by atoms with Crippen molar-refractivity contribution in [2.75, 3.05) is 6.61 Å². The molecule has 0 spiro atoms. The zero-order chi connectivity index (χ0) is 15.4. The molecule has 0 heterocycles. The van der Waals surface area contributed by atoms with Crippen molar-refractivity contribution in [3.63, 3.8) is 0 Å². The maximum Gasteiger partial charge on any atom is 0.146 e. The van der Waals surface area contributed by atoms with Crippen LogP contribution in [0.25, 0.3) is 0 Å². The molecule has 1 N–H and O–H groups in total. The van der Waals surface area contributed by atoms with Gasteiger partial charge in [-0.25, -0.2) is 8.78 Å². The predicted octanol–water partition coefficient (Wildman–Crippen LogP) is 4.60. The molecule has 0 aliphatic heterocycles. The highest BCUT2D eigenvalue weighted by Crippen LogP contribution is 2.31. The first kappa shape index (κ1) is 15.9. The molecule has 2 nitrogen and oxygen atoms in total. The summed E-state index contributed by atoms with van der Waals surface area (Å²) in [4.78, 5) is 0.